The molecule has 0 aliphatic heterocycles. The zero-order chi connectivity index (χ0) is 29.3. The van der Waals surface area contributed by atoms with Gasteiger partial charge in [0.2, 0.25) is 0 Å². The molecule has 0 unspecified atom stereocenters. The van der Waals surface area contributed by atoms with E-state index in [1.54, 1.807) is 24.2 Å². The summed E-state index contributed by atoms with van der Waals surface area (Å²) >= 11 is 1.55. The SMILES string of the molecule is CC(C)(C)c1[c-]c2c(cc1C(C)(C)C)-c1cc(C(C)(C)C)c(C(C)(C)C)cc1C2.C[C](C)=[Zr+2].[C-]1=CC=CC1.[Cl-].[Cl-]. The maximum atomic E-state index is 3.90. The van der Waals surface area contributed by atoms with Crippen LogP contribution in [-0.2, 0) is 52.3 Å². The molecule has 0 radical (unpaired) electrons. The summed E-state index contributed by atoms with van der Waals surface area (Å²) in [5, 5.41) is 0. The number of fused-ring (bicyclic) bond motifs is 3. The zero-order valence-electron chi connectivity index (χ0n) is 27.6. The van der Waals surface area contributed by atoms with E-state index in [0.717, 1.165) is 12.8 Å². The molecule has 4 rings (SSSR count). The van der Waals surface area contributed by atoms with Gasteiger partial charge < -0.3 is 24.8 Å². The molecule has 0 heterocycles. The van der Waals surface area contributed by atoms with Gasteiger partial charge in [-0.05, 0) is 39.4 Å². The fourth-order valence-electron chi connectivity index (χ4n) is 4.97. The minimum atomic E-state index is 0. The van der Waals surface area contributed by atoms with E-state index < -0.39 is 0 Å². The third kappa shape index (κ3) is 10.5. The number of hydrogen-bond acceptors (Lipinski definition) is 0. The third-order valence-corrected chi connectivity index (χ3v) is 6.82. The fraction of sp³-hybridized carbons (Fsp3) is 0.541. The van der Waals surface area contributed by atoms with Gasteiger partial charge in [-0.2, -0.15) is 23.8 Å². The number of rotatable bonds is 0. The predicted octanol–water partition coefficient (Wildman–Crippen LogP) is 4.31. The Morgan fingerprint density at radius 1 is 0.675 bits per heavy atom. The van der Waals surface area contributed by atoms with Gasteiger partial charge in [-0.15, -0.1) is 23.1 Å². The fourth-order valence-corrected chi connectivity index (χ4v) is 4.97. The molecule has 220 valence electrons. The Bertz CT molecular complexity index is 1120. The van der Waals surface area contributed by atoms with Gasteiger partial charge >= 0.3 is 41.3 Å². The van der Waals surface area contributed by atoms with Crippen LogP contribution in [0.25, 0.3) is 11.1 Å². The molecule has 40 heavy (non-hydrogen) atoms. The Morgan fingerprint density at radius 3 is 1.48 bits per heavy atom. The average molecular weight is 659 g/mol. The maximum absolute atomic E-state index is 3.90. The van der Waals surface area contributed by atoms with Crippen LogP contribution >= 0.6 is 0 Å². The van der Waals surface area contributed by atoms with Gasteiger partial charge in [-0.3, -0.25) is 6.08 Å². The van der Waals surface area contributed by atoms with Crippen molar-refractivity contribution in [2.24, 2.45) is 0 Å². The van der Waals surface area contributed by atoms with Crippen molar-refractivity contribution in [2.45, 2.75) is 131 Å². The van der Waals surface area contributed by atoms with E-state index in [0.29, 0.717) is 0 Å². The summed E-state index contributed by atoms with van der Waals surface area (Å²) < 4.78 is 1.51. The molecule has 2 aromatic carbocycles. The molecular formula is C37H52Cl2Zr-2. The quantitative estimate of drug-likeness (QED) is 0.316. The first-order chi connectivity index (χ1) is 17.1. The largest absolute Gasteiger partial charge is 1.00 e. The van der Waals surface area contributed by atoms with Gasteiger partial charge in [0.25, 0.3) is 0 Å². The standard InChI is InChI=1S/C29H41.C5H5.C3H6.2ClH.Zr/c1-26(2,3)22-14-18-13-19-15-23(27(4,5)6)25(29(10,11)12)17-21(19)20(18)16-24(22)28(7,8)9;1-2-4-5-3-1;1-3-2;;;/h14,16-17H,13H2,1-12H3;1-3H,4H2;1-2H3;2*1H;/q2*-1;;;;+2/p-2. The monoisotopic (exact) mass is 656 g/mol. The molecule has 0 saturated carbocycles. The molecule has 0 fully saturated rings. The van der Waals surface area contributed by atoms with Crippen LogP contribution in [0.15, 0.2) is 36.4 Å². The summed E-state index contributed by atoms with van der Waals surface area (Å²) in [4.78, 5) is 0. The van der Waals surface area contributed by atoms with Gasteiger partial charge in [0, 0.05) is 0 Å². The van der Waals surface area contributed by atoms with Crippen molar-refractivity contribution in [3.63, 3.8) is 0 Å². The average Bonchev–Trinajstić information content (AvgIpc) is 3.40. The molecule has 2 aliphatic rings. The summed E-state index contributed by atoms with van der Waals surface area (Å²) in [7, 11) is 0. The molecule has 3 heteroatoms. The Hall–Kier alpha value is -0.747. The second-order valence-electron chi connectivity index (χ2n) is 15.2. The van der Waals surface area contributed by atoms with Gasteiger partial charge in [0.05, 0.1) is 0 Å². The Labute approximate surface area is 275 Å². The molecule has 2 aliphatic carbocycles. The van der Waals surface area contributed by atoms with Gasteiger partial charge in [0.15, 0.2) is 0 Å². The first-order valence-corrected chi connectivity index (χ1v) is 15.4. The van der Waals surface area contributed by atoms with E-state index in [4.69, 9.17) is 0 Å². The van der Waals surface area contributed by atoms with Crippen molar-refractivity contribution in [1.82, 2.24) is 0 Å². The summed E-state index contributed by atoms with van der Waals surface area (Å²) in [5.41, 5.74) is 11.9. The molecule has 0 bridgehead atoms. The topological polar surface area (TPSA) is 0 Å². The van der Waals surface area contributed by atoms with Gasteiger partial charge in [-0.1, -0.05) is 106 Å². The third-order valence-electron chi connectivity index (χ3n) is 6.82. The van der Waals surface area contributed by atoms with Crippen LogP contribution in [0.3, 0.4) is 0 Å². The summed E-state index contributed by atoms with van der Waals surface area (Å²) in [6, 6.07) is 11.4. The van der Waals surface area contributed by atoms with E-state index in [1.165, 1.54) is 47.7 Å². The molecule has 0 aromatic heterocycles. The Kier molecular flexibility index (Phi) is 14.3. The molecule has 0 N–H and O–H groups in total. The smallest absolute Gasteiger partial charge is 0.109 e. The second kappa shape index (κ2) is 14.6. The van der Waals surface area contributed by atoms with E-state index in [1.807, 2.05) is 12.2 Å². The molecular weight excluding hydrogens is 607 g/mol. The van der Waals surface area contributed by atoms with Crippen molar-refractivity contribution in [1.29, 1.82) is 0 Å². The van der Waals surface area contributed by atoms with Crippen LogP contribution in [0.5, 0.6) is 0 Å². The van der Waals surface area contributed by atoms with Gasteiger partial charge in [0.1, 0.15) is 0 Å². The van der Waals surface area contributed by atoms with Crippen LogP contribution < -0.4 is 24.8 Å². The van der Waals surface area contributed by atoms with E-state index >= 15 is 0 Å². The summed E-state index contributed by atoms with van der Waals surface area (Å²) in [6.45, 7) is 32.2. The van der Waals surface area contributed by atoms with Crippen LogP contribution in [0.2, 0.25) is 0 Å². The van der Waals surface area contributed by atoms with Crippen molar-refractivity contribution in [3.8, 4) is 11.1 Å². The molecule has 2 aromatic rings. The molecule has 0 amide bonds. The predicted molar refractivity (Wildman–Crippen MR) is 166 cm³/mol. The van der Waals surface area contributed by atoms with Crippen LogP contribution in [0.1, 0.15) is 137 Å². The first kappa shape index (κ1) is 39.3. The van der Waals surface area contributed by atoms with E-state index in [9.17, 15) is 0 Å². The van der Waals surface area contributed by atoms with E-state index in [-0.39, 0.29) is 46.5 Å². The summed E-state index contributed by atoms with van der Waals surface area (Å²) in [5.74, 6) is 0. The van der Waals surface area contributed by atoms with E-state index in [2.05, 4.69) is 133 Å². The van der Waals surface area contributed by atoms with Crippen LogP contribution in [0, 0.1) is 12.1 Å². The van der Waals surface area contributed by atoms with Crippen molar-refractivity contribution in [3.05, 3.63) is 82.0 Å². The van der Waals surface area contributed by atoms with Crippen LogP contribution in [0.4, 0.5) is 0 Å². The number of benzene rings is 2. The van der Waals surface area contributed by atoms with Crippen molar-refractivity contribution in [2.75, 3.05) is 0 Å². The molecule has 0 atom stereocenters. The van der Waals surface area contributed by atoms with Crippen molar-refractivity contribution < 1.29 is 49.0 Å². The number of hydrogen-bond donors (Lipinski definition) is 0. The first-order valence-electron chi connectivity index (χ1n) is 14.2. The Morgan fingerprint density at radius 2 is 1.12 bits per heavy atom. The van der Waals surface area contributed by atoms with Crippen LogP contribution in [-0.4, -0.2) is 3.21 Å². The molecule has 0 nitrogen and oxygen atoms in total. The molecule has 0 spiro atoms. The minimum Gasteiger partial charge on any atom is -1.00 e. The Balaban J connectivity index is 0.00000119. The minimum absolute atomic E-state index is 0. The number of halogens is 2. The summed E-state index contributed by atoms with van der Waals surface area (Å²) in [6.07, 6.45) is 11.0. The van der Waals surface area contributed by atoms with Gasteiger partial charge in [-0.25, -0.2) is 12.2 Å². The second-order valence-corrected chi connectivity index (χ2v) is 17.6. The maximum Gasteiger partial charge on any atom is -0.109 e. The normalized spacial score (nSPS) is 13.6. The number of allylic oxidation sites excluding steroid dienone is 4. The molecule has 0 saturated heterocycles. The van der Waals surface area contributed by atoms with Crippen molar-refractivity contribution >= 4 is 3.21 Å². The zero-order valence-corrected chi connectivity index (χ0v) is 31.6.